The predicted octanol–water partition coefficient (Wildman–Crippen LogP) is 2.04. The number of pyridine rings is 1. The molecule has 0 unspecified atom stereocenters. The average Bonchev–Trinajstić information content (AvgIpc) is 3.09. The number of aryl methyl sites for hydroxylation is 1. The van der Waals surface area contributed by atoms with E-state index in [1.165, 1.54) is 0 Å². The Labute approximate surface area is 181 Å². The van der Waals surface area contributed by atoms with Crippen molar-refractivity contribution < 1.29 is 14.4 Å². The topological polar surface area (TPSA) is 94.6 Å². The Balaban J connectivity index is 1.46. The first kappa shape index (κ1) is 20.8. The van der Waals surface area contributed by atoms with E-state index in [0.717, 1.165) is 24.5 Å². The van der Waals surface area contributed by atoms with E-state index in [1.54, 1.807) is 30.5 Å². The summed E-state index contributed by atoms with van der Waals surface area (Å²) in [5, 5.41) is 5.09. The molecule has 4 amide bonds. The van der Waals surface area contributed by atoms with Crippen LogP contribution in [-0.2, 0) is 10.3 Å². The standard InChI is InChI=1S/C23H27N5O3/c1-15(2)23(21(30)25-22(31)26-23)18-8-6-17(7-9-18)20(29)28-13-11-27(12-14-28)19-16(3)5-4-10-24-19/h4-10,15H,11-14H2,1-3H3,(H2,25,26,30,31)/t23-/m1/s1. The Morgan fingerprint density at radius 3 is 2.29 bits per heavy atom. The van der Waals surface area contributed by atoms with Gasteiger partial charge in [0, 0.05) is 37.9 Å². The highest BCUT2D eigenvalue weighted by Gasteiger charge is 2.50. The highest BCUT2D eigenvalue weighted by molar-refractivity contribution is 6.07. The van der Waals surface area contributed by atoms with Crippen LogP contribution >= 0.6 is 0 Å². The summed E-state index contributed by atoms with van der Waals surface area (Å²) in [6.07, 6.45) is 1.79. The van der Waals surface area contributed by atoms with Crippen molar-refractivity contribution >= 4 is 23.7 Å². The summed E-state index contributed by atoms with van der Waals surface area (Å²) in [6, 6.07) is 10.4. The maximum Gasteiger partial charge on any atom is 0.322 e. The molecular formula is C23H27N5O3. The largest absolute Gasteiger partial charge is 0.353 e. The number of carbonyl (C=O) groups excluding carboxylic acids is 3. The van der Waals surface area contributed by atoms with Crippen LogP contribution in [0.15, 0.2) is 42.6 Å². The maximum absolute atomic E-state index is 13.0. The lowest BCUT2D eigenvalue weighted by Gasteiger charge is -2.36. The Bertz CT molecular complexity index is 1010. The Morgan fingerprint density at radius 1 is 1.06 bits per heavy atom. The second-order valence-corrected chi connectivity index (χ2v) is 8.37. The third-order valence-electron chi connectivity index (χ3n) is 6.20. The molecule has 0 radical (unpaired) electrons. The van der Waals surface area contributed by atoms with Crippen LogP contribution in [0.5, 0.6) is 0 Å². The van der Waals surface area contributed by atoms with Gasteiger partial charge < -0.3 is 15.1 Å². The summed E-state index contributed by atoms with van der Waals surface area (Å²) in [6.45, 7) is 8.49. The number of urea groups is 1. The van der Waals surface area contributed by atoms with Gasteiger partial charge in [-0.25, -0.2) is 9.78 Å². The Morgan fingerprint density at radius 2 is 1.74 bits per heavy atom. The second-order valence-electron chi connectivity index (χ2n) is 8.37. The van der Waals surface area contributed by atoms with Gasteiger partial charge in [0.1, 0.15) is 11.4 Å². The van der Waals surface area contributed by atoms with E-state index in [9.17, 15) is 14.4 Å². The minimum atomic E-state index is -1.12. The van der Waals surface area contributed by atoms with Crippen molar-refractivity contribution in [3.63, 3.8) is 0 Å². The molecule has 2 aliphatic heterocycles. The van der Waals surface area contributed by atoms with Crippen LogP contribution in [0, 0.1) is 12.8 Å². The van der Waals surface area contributed by atoms with E-state index in [-0.39, 0.29) is 17.7 Å². The van der Waals surface area contributed by atoms with Crippen LogP contribution in [-0.4, -0.2) is 53.9 Å². The van der Waals surface area contributed by atoms with Crippen LogP contribution in [0.4, 0.5) is 10.6 Å². The number of benzene rings is 1. The molecule has 4 rings (SSSR count). The summed E-state index contributed by atoms with van der Waals surface area (Å²) in [4.78, 5) is 45.8. The van der Waals surface area contributed by atoms with Gasteiger partial charge in [-0.2, -0.15) is 0 Å². The molecule has 2 aliphatic rings. The van der Waals surface area contributed by atoms with E-state index in [2.05, 4.69) is 20.5 Å². The number of anilines is 1. The number of amides is 4. The number of hydrogen-bond donors (Lipinski definition) is 2. The van der Waals surface area contributed by atoms with Gasteiger partial charge in [0.05, 0.1) is 0 Å². The van der Waals surface area contributed by atoms with Crippen molar-refractivity contribution in [1.82, 2.24) is 20.5 Å². The smallest absolute Gasteiger partial charge is 0.322 e. The minimum Gasteiger partial charge on any atom is -0.353 e. The van der Waals surface area contributed by atoms with Gasteiger partial charge in [0.15, 0.2) is 0 Å². The first-order chi connectivity index (χ1) is 14.8. The number of carbonyl (C=O) groups is 3. The number of aromatic nitrogens is 1. The molecule has 2 aromatic rings. The molecule has 2 fully saturated rings. The van der Waals surface area contributed by atoms with Gasteiger partial charge in [-0.3, -0.25) is 14.9 Å². The lowest BCUT2D eigenvalue weighted by atomic mass is 9.79. The van der Waals surface area contributed by atoms with Crippen molar-refractivity contribution in [2.45, 2.75) is 26.3 Å². The summed E-state index contributed by atoms with van der Waals surface area (Å²) in [7, 11) is 0. The van der Waals surface area contributed by atoms with E-state index >= 15 is 0 Å². The molecule has 162 valence electrons. The zero-order valence-corrected chi connectivity index (χ0v) is 18.0. The molecule has 31 heavy (non-hydrogen) atoms. The van der Waals surface area contributed by atoms with Crippen molar-refractivity contribution in [3.8, 4) is 0 Å². The Kier molecular flexibility index (Phi) is 5.39. The van der Waals surface area contributed by atoms with Gasteiger partial charge in [-0.15, -0.1) is 0 Å². The number of rotatable bonds is 4. The molecular weight excluding hydrogens is 394 g/mol. The fourth-order valence-electron chi connectivity index (χ4n) is 4.40. The van der Waals surface area contributed by atoms with Crippen molar-refractivity contribution in [2.75, 3.05) is 31.1 Å². The van der Waals surface area contributed by atoms with Crippen molar-refractivity contribution in [1.29, 1.82) is 0 Å². The molecule has 0 bridgehead atoms. The fraction of sp³-hybridized carbons (Fsp3) is 0.391. The summed E-state index contributed by atoms with van der Waals surface area (Å²) in [5.41, 5.74) is 1.23. The van der Waals surface area contributed by atoms with E-state index in [4.69, 9.17) is 0 Å². The van der Waals surface area contributed by atoms with Gasteiger partial charge in [0.25, 0.3) is 11.8 Å². The first-order valence-corrected chi connectivity index (χ1v) is 10.5. The normalized spacial score (nSPS) is 21.3. The monoisotopic (exact) mass is 421 g/mol. The highest BCUT2D eigenvalue weighted by Crippen LogP contribution is 2.33. The van der Waals surface area contributed by atoms with Crippen molar-refractivity contribution in [3.05, 3.63) is 59.3 Å². The third kappa shape index (κ3) is 3.62. The van der Waals surface area contributed by atoms with Gasteiger partial charge in [0.2, 0.25) is 0 Å². The SMILES string of the molecule is Cc1cccnc1N1CCN(C(=O)c2ccc([C@@]3(C(C)C)NC(=O)NC3=O)cc2)CC1. The number of nitrogens with zero attached hydrogens (tertiary/aromatic N) is 3. The maximum atomic E-state index is 13.0. The minimum absolute atomic E-state index is 0.0394. The van der Waals surface area contributed by atoms with E-state index < -0.39 is 11.6 Å². The summed E-state index contributed by atoms with van der Waals surface area (Å²) >= 11 is 0. The van der Waals surface area contributed by atoms with E-state index in [1.807, 2.05) is 37.8 Å². The zero-order valence-electron chi connectivity index (χ0n) is 18.0. The van der Waals surface area contributed by atoms with E-state index in [0.29, 0.717) is 24.2 Å². The molecule has 0 aliphatic carbocycles. The fourth-order valence-corrected chi connectivity index (χ4v) is 4.40. The van der Waals surface area contributed by atoms with Crippen LogP contribution in [0.3, 0.4) is 0 Å². The number of hydrogen-bond acceptors (Lipinski definition) is 5. The van der Waals surface area contributed by atoms with Gasteiger partial charge in [-0.1, -0.05) is 32.0 Å². The third-order valence-corrected chi connectivity index (χ3v) is 6.20. The quantitative estimate of drug-likeness (QED) is 0.737. The molecule has 2 N–H and O–H groups in total. The number of piperazine rings is 1. The van der Waals surface area contributed by atoms with Gasteiger partial charge in [-0.05, 0) is 42.2 Å². The number of nitrogens with one attached hydrogen (secondary N) is 2. The first-order valence-electron chi connectivity index (χ1n) is 10.5. The molecule has 8 nitrogen and oxygen atoms in total. The molecule has 0 saturated carbocycles. The zero-order chi connectivity index (χ0) is 22.2. The van der Waals surface area contributed by atoms with Gasteiger partial charge >= 0.3 is 6.03 Å². The van der Waals surface area contributed by atoms with Crippen LogP contribution in [0.1, 0.15) is 35.3 Å². The summed E-state index contributed by atoms with van der Waals surface area (Å²) < 4.78 is 0. The lowest BCUT2D eigenvalue weighted by Crippen LogP contribution is -2.49. The highest BCUT2D eigenvalue weighted by atomic mass is 16.2. The van der Waals surface area contributed by atoms with Crippen LogP contribution in [0.2, 0.25) is 0 Å². The van der Waals surface area contributed by atoms with Crippen LogP contribution < -0.4 is 15.5 Å². The number of imide groups is 1. The second kappa shape index (κ2) is 8.02. The summed E-state index contributed by atoms with van der Waals surface area (Å²) in [5.74, 6) is 0.411. The molecule has 1 aromatic carbocycles. The molecule has 1 atom stereocenters. The molecule has 0 spiro atoms. The predicted molar refractivity (Wildman–Crippen MR) is 117 cm³/mol. The molecule has 2 saturated heterocycles. The average molecular weight is 422 g/mol. The van der Waals surface area contributed by atoms with Crippen molar-refractivity contribution in [2.24, 2.45) is 5.92 Å². The lowest BCUT2D eigenvalue weighted by molar-refractivity contribution is -0.125. The molecule has 3 heterocycles. The van der Waals surface area contributed by atoms with Crippen LogP contribution in [0.25, 0.3) is 0 Å². The molecule has 8 heteroatoms. The molecule has 1 aromatic heterocycles. The Hall–Kier alpha value is -3.42.